The summed E-state index contributed by atoms with van der Waals surface area (Å²) in [5.41, 5.74) is 0. The largest absolute Gasteiger partial charge is 0.394 e. The summed E-state index contributed by atoms with van der Waals surface area (Å²) in [5.74, 6) is -0.295. The van der Waals surface area contributed by atoms with E-state index < -0.39 is 124 Å². The Kier molecular flexibility index (Phi) is 30.5. The highest BCUT2D eigenvalue weighted by atomic mass is 16.8. The summed E-state index contributed by atoms with van der Waals surface area (Å²) >= 11 is 0. The molecule has 0 bridgehead atoms. The number of carbonyl (C=O) groups is 1. The maximum atomic E-state index is 13.2. The van der Waals surface area contributed by atoms with E-state index in [-0.39, 0.29) is 18.9 Å². The molecule has 0 radical (unpaired) electrons. The lowest BCUT2D eigenvalue weighted by Crippen LogP contribution is -2.66. The Balaban J connectivity index is 1.59. The predicted molar refractivity (Wildman–Crippen MR) is 249 cm³/mol. The number of nitrogens with one attached hydrogen (secondary N) is 1. The summed E-state index contributed by atoms with van der Waals surface area (Å²) in [4.78, 5) is 13.2. The molecule has 12 N–H and O–H groups in total. The molecule has 0 aromatic rings. The molecule has 17 atom stereocenters. The van der Waals surface area contributed by atoms with Crippen LogP contribution in [0.4, 0.5) is 0 Å². The minimum atomic E-state index is -1.98. The number of unbranched alkanes of at least 4 members (excludes halogenated alkanes) is 14. The van der Waals surface area contributed by atoms with Crippen molar-refractivity contribution in [2.75, 3.05) is 26.4 Å². The molecule has 3 aliphatic rings. The highest BCUT2D eigenvalue weighted by Crippen LogP contribution is 2.33. The number of aliphatic hydroxyl groups is 11. The van der Waals surface area contributed by atoms with E-state index in [0.29, 0.717) is 12.8 Å². The van der Waals surface area contributed by atoms with Crippen molar-refractivity contribution in [3.05, 3.63) is 36.5 Å². The van der Waals surface area contributed by atoms with E-state index in [4.69, 9.17) is 28.4 Å². The molecule has 68 heavy (non-hydrogen) atoms. The molecule has 17 unspecified atom stereocenters. The summed E-state index contributed by atoms with van der Waals surface area (Å²) in [7, 11) is 0. The van der Waals surface area contributed by atoms with Gasteiger partial charge < -0.3 is 89.9 Å². The molecular weight excluding hydrogens is 891 g/mol. The fourth-order valence-corrected chi connectivity index (χ4v) is 8.40. The Hall–Kier alpha value is -1.99. The molecule has 3 fully saturated rings. The van der Waals surface area contributed by atoms with Crippen LogP contribution in [0.1, 0.15) is 136 Å². The lowest BCUT2D eigenvalue weighted by atomic mass is 9.96. The highest BCUT2D eigenvalue weighted by molar-refractivity contribution is 5.76. The monoisotopic (exact) mass is 978 g/mol. The summed E-state index contributed by atoms with van der Waals surface area (Å²) in [6.45, 7) is 1.56. The number of rotatable bonds is 34. The Labute approximate surface area is 402 Å². The van der Waals surface area contributed by atoms with Crippen LogP contribution in [0, 0.1) is 0 Å². The summed E-state index contributed by atoms with van der Waals surface area (Å²) in [6.07, 6.45) is 4.51. The maximum Gasteiger partial charge on any atom is 0.220 e. The van der Waals surface area contributed by atoms with Gasteiger partial charge in [-0.25, -0.2) is 0 Å². The van der Waals surface area contributed by atoms with Crippen molar-refractivity contribution in [3.8, 4) is 0 Å². The van der Waals surface area contributed by atoms with Crippen molar-refractivity contribution in [2.24, 2.45) is 0 Å². The standard InChI is InChI=1S/C49H87NO18/c1-3-5-7-9-11-13-15-17-19-21-23-25-27-37(55)50-32(33(54)26-24-22-20-18-16-14-12-10-8-6-4-2)31-63-47-43(61)40(58)45(35(29-52)65-47)68-49-44(62)41(59)46(36(30-53)66-49)67-48-42(60)39(57)38(56)34(28-51)64-48/h8,10,16,18,24,26,32-36,38-49,51-54,56-62H,3-7,9,11-15,17,19-23,25,27-31H2,1-2H3,(H,50,55)/b10-8+,18-16+,26-24+. The number of aliphatic hydroxyl groups excluding tert-OH is 11. The van der Waals surface area contributed by atoms with Crippen LogP contribution in [0.2, 0.25) is 0 Å². The van der Waals surface area contributed by atoms with Gasteiger partial charge in [0, 0.05) is 6.42 Å². The van der Waals surface area contributed by atoms with Gasteiger partial charge in [-0.1, -0.05) is 127 Å². The Morgan fingerprint density at radius 3 is 1.44 bits per heavy atom. The number of allylic oxidation sites excluding steroid dienone is 5. The summed E-state index contributed by atoms with van der Waals surface area (Å²) in [5, 5.41) is 119. The molecular formula is C49H87NO18. The van der Waals surface area contributed by atoms with Gasteiger partial charge in [-0.05, 0) is 38.5 Å². The molecule has 0 aromatic carbocycles. The second-order valence-corrected chi connectivity index (χ2v) is 18.3. The van der Waals surface area contributed by atoms with Gasteiger partial charge >= 0.3 is 0 Å². The van der Waals surface area contributed by atoms with Crippen LogP contribution in [0.15, 0.2) is 36.5 Å². The molecule has 3 saturated heterocycles. The lowest BCUT2D eigenvalue weighted by molar-refractivity contribution is -0.379. The first-order valence-electron chi connectivity index (χ1n) is 25.2. The maximum absolute atomic E-state index is 13.2. The first-order chi connectivity index (χ1) is 32.8. The molecule has 3 rings (SSSR count). The second-order valence-electron chi connectivity index (χ2n) is 18.3. The van der Waals surface area contributed by atoms with Crippen molar-refractivity contribution in [1.82, 2.24) is 5.32 Å². The highest BCUT2D eigenvalue weighted by Gasteiger charge is 2.53. The third-order valence-corrected chi connectivity index (χ3v) is 12.7. The molecule has 0 spiro atoms. The van der Waals surface area contributed by atoms with Crippen molar-refractivity contribution in [3.63, 3.8) is 0 Å². The Morgan fingerprint density at radius 1 is 0.515 bits per heavy atom. The zero-order valence-corrected chi connectivity index (χ0v) is 40.3. The van der Waals surface area contributed by atoms with Crippen molar-refractivity contribution < 1.29 is 89.4 Å². The van der Waals surface area contributed by atoms with Gasteiger partial charge in [0.15, 0.2) is 18.9 Å². The fourth-order valence-electron chi connectivity index (χ4n) is 8.40. The quantitative estimate of drug-likeness (QED) is 0.0321. The van der Waals surface area contributed by atoms with Gasteiger partial charge in [0.05, 0.1) is 38.6 Å². The number of hydrogen-bond donors (Lipinski definition) is 12. The van der Waals surface area contributed by atoms with Crippen LogP contribution in [-0.2, 0) is 33.2 Å². The zero-order chi connectivity index (χ0) is 49.8. The second kappa shape index (κ2) is 34.4. The average Bonchev–Trinajstić information content (AvgIpc) is 3.33. The van der Waals surface area contributed by atoms with Crippen molar-refractivity contribution >= 4 is 5.91 Å². The van der Waals surface area contributed by atoms with E-state index >= 15 is 0 Å². The minimum Gasteiger partial charge on any atom is -0.394 e. The molecule has 3 aliphatic heterocycles. The zero-order valence-electron chi connectivity index (χ0n) is 40.3. The minimum absolute atomic E-state index is 0.233. The van der Waals surface area contributed by atoms with Crippen LogP contribution in [0.3, 0.4) is 0 Å². The molecule has 1 amide bonds. The molecule has 0 aliphatic carbocycles. The topological polar surface area (TPSA) is 307 Å². The van der Waals surface area contributed by atoms with Gasteiger partial charge in [0.25, 0.3) is 0 Å². The van der Waals surface area contributed by atoms with Crippen LogP contribution in [0.25, 0.3) is 0 Å². The Morgan fingerprint density at radius 2 is 0.941 bits per heavy atom. The SMILES string of the molecule is CCC/C=C/CC/C=C/CC/C=C/C(O)C(COC1OC(CO)C(OC2OC(CO)C(OC3OC(CO)C(O)C(O)C3O)C(O)C2O)C(O)C1O)NC(=O)CCCCCCCCCCCCCC. The van der Waals surface area contributed by atoms with Gasteiger partial charge in [0.1, 0.15) is 73.2 Å². The molecule has 0 aromatic heterocycles. The van der Waals surface area contributed by atoms with E-state index in [1.807, 2.05) is 6.08 Å². The third-order valence-electron chi connectivity index (χ3n) is 12.7. The fraction of sp³-hybridized carbons (Fsp3) is 0.857. The van der Waals surface area contributed by atoms with E-state index in [1.54, 1.807) is 6.08 Å². The first kappa shape index (κ1) is 60.3. The van der Waals surface area contributed by atoms with Gasteiger partial charge in [0.2, 0.25) is 5.91 Å². The van der Waals surface area contributed by atoms with E-state index in [2.05, 4.69) is 43.5 Å². The molecule has 396 valence electrons. The van der Waals surface area contributed by atoms with Gasteiger partial charge in [-0.3, -0.25) is 4.79 Å². The van der Waals surface area contributed by atoms with Gasteiger partial charge in [-0.2, -0.15) is 0 Å². The third kappa shape index (κ3) is 20.3. The molecule has 0 saturated carbocycles. The smallest absolute Gasteiger partial charge is 0.220 e. The molecule has 3 heterocycles. The van der Waals surface area contributed by atoms with Crippen LogP contribution < -0.4 is 5.32 Å². The normalized spacial score (nSPS) is 33.5. The first-order valence-corrected chi connectivity index (χ1v) is 25.2. The van der Waals surface area contributed by atoms with E-state index in [0.717, 1.165) is 51.4 Å². The molecule has 19 heteroatoms. The number of hydrogen-bond acceptors (Lipinski definition) is 18. The van der Waals surface area contributed by atoms with Crippen LogP contribution in [-0.4, -0.2) is 193 Å². The van der Waals surface area contributed by atoms with E-state index in [1.165, 1.54) is 51.4 Å². The lowest BCUT2D eigenvalue weighted by Gasteiger charge is -2.48. The van der Waals surface area contributed by atoms with Gasteiger partial charge in [-0.15, -0.1) is 0 Å². The van der Waals surface area contributed by atoms with Crippen molar-refractivity contribution in [1.29, 1.82) is 0 Å². The summed E-state index contributed by atoms with van der Waals surface area (Å²) in [6, 6.07) is -0.989. The number of amides is 1. The van der Waals surface area contributed by atoms with Crippen LogP contribution in [0.5, 0.6) is 0 Å². The van der Waals surface area contributed by atoms with Crippen LogP contribution >= 0.6 is 0 Å². The Bertz CT molecular complexity index is 1400. The average molecular weight is 978 g/mol. The predicted octanol–water partition coefficient (Wildman–Crippen LogP) is 1.42. The number of carbonyl (C=O) groups excluding carboxylic acids is 1. The summed E-state index contributed by atoms with van der Waals surface area (Å²) < 4.78 is 34.0. The van der Waals surface area contributed by atoms with Crippen molar-refractivity contribution in [2.45, 2.75) is 240 Å². The van der Waals surface area contributed by atoms with E-state index in [9.17, 15) is 61.0 Å². The number of ether oxygens (including phenoxy) is 6. The molecule has 19 nitrogen and oxygen atoms in total.